The van der Waals surface area contributed by atoms with Crippen molar-refractivity contribution in [3.8, 4) is 0 Å². The van der Waals surface area contributed by atoms with Crippen LogP contribution in [0.1, 0.15) is 32.8 Å². The summed E-state index contributed by atoms with van der Waals surface area (Å²) < 4.78 is 42.9. The van der Waals surface area contributed by atoms with Crippen LogP contribution in [0.25, 0.3) is 0 Å². The van der Waals surface area contributed by atoms with E-state index in [1.807, 2.05) is 0 Å². The Morgan fingerprint density at radius 2 is 1.86 bits per heavy atom. The minimum absolute atomic E-state index is 0.0965. The van der Waals surface area contributed by atoms with Crippen molar-refractivity contribution in [2.24, 2.45) is 5.92 Å². The van der Waals surface area contributed by atoms with Gasteiger partial charge in [-0.3, -0.25) is 14.6 Å². The molecule has 12 heteroatoms. The third-order valence-electron chi connectivity index (χ3n) is 4.94. The quantitative estimate of drug-likeness (QED) is 0.551. The molecule has 1 heterocycles. The molecule has 1 aromatic carbocycles. The molecular formula is C23H25ClF3N3O4S. The number of halogens is 4. The summed E-state index contributed by atoms with van der Waals surface area (Å²) in [6.45, 7) is 4.48. The van der Waals surface area contributed by atoms with Gasteiger partial charge in [0, 0.05) is 17.5 Å². The summed E-state index contributed by atoms with van der Waals surface area (Å²) in [6.07, 6.45) is -4.66. The lowest BCUT2D eigenvalue weighted by molar-refractivity contribution is -0.135. The van der Waals surface area contributed by atoms with Gasteiger partial charge in [-0.15, -0.1) is 0 Å². The maximum Gasteiger partial charge on any atom is 0.426 e. The second kappa shape index (κ2) is 10.5. The summed E-state index contributed by atoms with van der Waals surface area (Å²) in [5.74, 6) is -1.71. The van der Waals surface area contributed by atoms with Gasteiger partial charge in [-0.1, -0.05) is 41.6 Å². The number of nitrogens with zero attached hydrogens (tertiary/aromatic N) is 1. The predicted octanol–water partition coefficient (Wildman–Crippen LogP) is 4.73. The van der Waals surface area contributed by atoms with Gasteiger partial charge in [0.05, 0.1) is 22.8 Å². The molecule has 0 bridgehead atoms. The number of carbonyl (C=O) groups excluding carboxylic acids is 3. The van der Waals surface area contributed by atoms with Crippen LogP contribution in [0.4, 0.5) is 18.0 Å². The van der Waals surface area contributed by atoms with E-state index in [1.54, 1.807) is 45.0 Å². The number of ether oxygens (including phenoxy) is 1. The summed E-state index contributed by atoms with van der Waals surface area (Å²) in [5.41, 5.74) is 2.73. The first-order valence-corrected chi connectivity index (χ1v) is 12.1. The van der Waals surface area contributed by atoms with Gasteiger partial charge in [-0.25, -0.2) is 10.2 Å². The fourth-order valence-corrected chi connectivity index (χ4v) is 4.72. The molecule has 1 unspecified atom stereocenters. The van der Waals surface area contributed by atoms with E-state index in [1.165, 1.54) is 11.1 Å². The third kappa shape index (κ3) is 7.41. The predicted molar refractivity (Wildman–Crippen MR) is 126 cm³/mol. The molecule has 1 atom stereocenters. The topological polar surface area (TPSA) is 87.7 Å². The van der Waals surface area contributed by atoms with Crippen molar-refractivity contribution in [1.29, 1.82) is 0 Å². The highest BCUT2D eigenvalue weighted by atomic mass is 35.5. The molecule has 190 valence electrons. The van der Waals surface area contributed by atoms with Crippen LogP contribution in [0.15, 0.2) is 46.5 Å². The van der Waals surface area contributed by atoms with Crippen LogP contribution in [0, 0.1) is 5.92 Å². The molecule has 2 amide bonds. The van der Waals surface area contributed by atoms with Gasteiger partial charge in [-0.05, 0) is 44.9 Å². The van der Waals surface area contributed by atoms with Gasteiger partial charge in [0.1, 0.15) is 11.3 Å². The standard InChI is InChI=1S/C23H25ClF3N3O4S/c1-22(2,3)34-21(33)29-30-12-35-19-16(20(32)28-9-8-23(25,26)27)11-14(18(31)17(19)30)10-13-4-6-15(24)7-5-13/h4-7,11,14H,8-10,12H2,1-3H3,(H,28,32)(H,29,33). The number of thioether (sulfide) groups is 1. The number of amides is 2. The van der Waals surface area contributed by atoms with Crippen LogP contribution in [0.2, 0.25) is 5.02 Å². The monoisotopic (exact) mass is 531 g/mol. The number of alkyl halides is 3. The Balaban J connectivity index is 1.87. The van der Waals surface area contributed by atoms with E-state index in [4.69, 9.17) is 16.3 Å². The first-order chi connectivity index (χ1) is 16.2. The zero-order chi connectivity index (χ0) is 26.0. The molecule has 7 nitrogen and oxygen atoms in total. The van der Waals surface area contributed by atoms with Gasteiger partial charge in [0.25, 0.3) is 5.91 Å². The lowest BCUT2D eigenvalue weighted by Gasteiger charge is -2.28. The van der Waals surface area contributed by atoms with Crippen molar-refractivity contribution in [2.75, 3.05) is 12.4 Å². The van der Waals surface area contributed by atoms with E-state index in [0.717, 1.165) is 17.3 Å². The highest BCUT2D eigenvalue weighted by Gasteiger charge is 2.41. The summed E-state index contributed by atoms with van der Waals surface area (Å²) >= 11 is 7.06. The van der Waals surface area contributed by atoms with Crippen LogP contribution in [0.5, 0.6) is 0 Å². The normalized spacial score (nSPS) is 18.3. The SMILES string of the molecule is CC(C)(C)OC(=O)NN1CSC2=C1C(=O)C(Cc1ccc(Cl)cc1)C=C2C(=O)NCCC(F)(F)F. The number of rotatable bonds is 6. The molecule has 0 radical (unpaired) electrons. The molecule has 1 aliphatic carbocycles. The maximum atomic E-state index is 13.4. The van der Waals surface area contributed by atoms with E-state index in [2.05, 4.69) is 10.7 Å². The lowest BCUT2D eigenvalue weighted by atomic mass is 9.86. The zero-order valence-electron chi connectivity index (χ0n) is 19.3. The van der Waals surface area contributed by atoms with Crippen molar-refractivity contribution in [2.45, 2.75) is 45.4 Å². The maximum absolute atomic E-state index is 13.4. The number of hydrogen-bond donors (Lipinski definition) is 2. The smallest absolute Gasteiger partial charge is 0.426 e. The average molecular weight is 532 g/mol. The van der Waals surface area contributed by atoms with E-state index in [0.29, 0.717) is 9.93 Å². The molecule has 1 aliphatic heterocycles. The second-order valence-corrected chi connectivity index (χ2v) is 10.4. The molecule has 0 fully saturated rings. The Labute approximate surface area is 210 Å². The Kier molecular flexibility index (Phi) is 8.10. The minimum atomic E-state index is -4.41. The number of ketones is 1. The fraction of sp³-hybridized carbons (Fsp3) is 0.435. The van der Waals surface area contributed by atoms with E-state index in [-0.39, 0.29) is 29.4 Å². The molecule has 35 heavy (non-hydrogen) atoms. The van der Waals surface area contributed by atoms with Crippen molar-refractivity contribution in [3.05, 3.63) is 57.1 Å². The molecule has 2 N–H and O–H groups in total. The Hall–Kier alpha value is -2.66. The number of allylic oxidation sites excluding steroid dienone is 2. The van der Waals surface area contributed by atoms with Crippen molar-refractivity contribution < 1.29 is 32.3 Å². The number of hydrazine groups is 1. The molecular weight excluding hydrogens is 507 g/mol. The van der Waals surface area contributed by atoms with Gasteiger partial charge >= 0.3 is 12.3 Å². The van der Waals surface area contributed by atoms with Gasteiger partial charge in [0.15, 0.2) is 5.78 Å². The van der Waals surface area contributed by atoms with E-state index in [9.17, 15) is 27.6 Å². The molecule has 0 saturated heterocycles. The molecule has 3 rings (SSSR count). The molecule has 0 saturated carbocycles. The summed E-state index contributed by atoms with van der Waals surface area (Å²) in [7, 11) is 0. The highest BCUT2D eigenvalue weighted by Crippen LogP contribution is 2.42. The van der Waals surface area contributed by atoms with Crippen LogP contribution >= 0.6 is 23.4 Å². The minimum Gasteiger partial charge on any atom is -0.443 e. The van der Waals surface area contributed by atoms with E-state index >= 15 is 0 Å². The van der Waals surface area contributed by atoms with Crippen LogP contribution in [-0.2, 0) is 20.7 Å². The third-order valence-corrected chi connectivity index (χ3v) is 6.28. The number of benzene rings is 1. The zero-order valence-corrected chi connectivity index (χ0v) is 20.9. The lowest BCUT2D eigenvalue weighted by Crippen LogP contribution is -2.45. The molecule has 2 aliphatic rings. The molecule has 0 aromatic heterocycles. The first kappa shape index (κ1) is 26.9. The molecule has 1 aromatic rings. The van der Waals surface area contributed by atoms with E-state index < -0.39 is 42.7 Å². The van der Waals surface area contributed by atoms with Crippen molar-refractivity contribution in [3.63, 3.8) is 0 Å². The van der Waals surface area contributed by atoms with Gasteiger partial charge < -0.3 is 10.1 Å². The highest BCUT2D eigenvalue weighted by molar-refractivity contribution is 8.03. The summed E-state index contributed by atoms with van der Waals surface area (Å²) in [5, 5.41) is 4.11. The van der Waals surface area contributed by atoms with Crippen molar-refractivity contribution in [1.82, 2.24) is 15.8 Å². The van der Waals surface area contributed by atoms with Gasteiger partial charge in [0.2, 0.25) is 0 Å². The Morgan fingerprint density at radius 3 is 2.46 bits per heavy atom. The van der Waals surface area contributed by atoms with Crippen LogP contribution < -0.4 is 10.7 Å². The molecule has 0 spiro atoms. The first-order valence-electron chi connectivity index (χ1n) is 10.7. The van der Waals surface area contributed by atoms with Crippen molar-refractivity contribution >= 4 is 41.1 Å². The van der Waals surface area contributed by atoms with Gasteiger partial charge in [-0.2, -0.15) is 13.2 Å². The van der Waals surface area contributed by atoms with Crippen LogP contribution in [-0.4, -0.2) is 47.0 Å². The van der Waals surface area contributed by atoms with Crippen LogP contribution in [0.3, 0.4) is 0 Å². The second-order valence-electron chi connectivity index (χ2n) is 9.00. The number of nitrogens with one attached hydrogen (secondary N) is 2. The largest absolute Gasteiger partial charge is 0.443 e. The number of hydrogen-bond acceptors (Lipinski definition) is 6. The number of carbonyl (C=O) groups is 3. The Morgan fingerprint density at radius 1 is 1.20 bits per heavy atom. The average Bonchev–Trinajstić information content (AvgIpc) is 3.13. The summed E-state index contributed by atoms with van der Waals surface area (Å²) in [6, 6.07) is 6.84. The summed E-state index contributed by atoms with van der Waals surface area (Å²) in [4.78, 5) is 38.9. The fourth-order valence-electron chi connectivity index (χ4n) is 3.48. The number of Topliss-reactive ketones (excluding diaryl/α,β-unsaturated/α-hetero) is 1. The Bertz CT molecular complexity index is 1070.